The van der Waals surface area contributed by atoms with Gasteiger partial charge in [0.1, 0.15) is 5.60 Å². The van der Waals surface area contributed by atoms with Gasteiger partial charge in [-0.3, -0.25) is 0 Å². The first-order valence-electron chi connectivity index (χ1n) is 5.49. The number of ether oxygens (including phenoxy) is 1. The van der Waals surface area contributed by atoms with Crippen molar-refractivity contribution < 1.29 is 9.84 Å². The van der Waals surface area contributed by atoms with E-state index in [2.05, 4.69) is 17.5 Å². The van der Waals surface area contributed by atoms with Crippen molar-refractivity contribution in [2.24, 2.45) is 0 Å². The quantitative estimate of drug-likeness (QED) is 0.659. The zero-order valence-electron chi connectivity index (χ0n) is 8.54. The van der Waals surface area contributed by atoms with Crippen LogP contribution in [0.5, 0.6) is 0 Å². The van der Waals surface area contributed by atoms with Gasteiger partial charge in [0.15, 0.2) is 0 Å². The molecule has 2 unspecified atom stereocenters. The minimum absolute atomic E-state index is 0.452. The highest BCUT2D eigenvalue weighted by molar-refractivity contribution is 4.99. The summed E-state index contributed by atoms with van der Waals surface area (Å²) in [6.45, 7) is 1.83. The third-order valence-corrected chi connectivity index (χ3v) is 3.03. The highest BCUT2D eigenvalue weighted by Crippen LogP contribution is 2.18. The van der Waals surface area contributed by atoms with E-state index in [1.807, 2.05) is 0 Å². The SMILES string of the molecule is OC1(CNC2C=CCCC2)CCOC1. The lowest BCUT2D eigenvalue weighted by Crippen LogP contribution is -2.44. The molecular formula is C11H19NO2. The molecule has 14 heavy (non-hydrogen) atoms. The molecule has 0 saturated carbocycles. The van der Waals surface area contributed by atoms with E-state index in [1.165, 1.54) is 19.3 Å². The molecule has 2 aliphatic rings. The van der Waals surface area contributed by atoms with Crippen molar-refractivity contribution in [2.75, 3.05) is 19.8 Å². The number of hydrogen-bond acceptors (Lipinski definition) is 3. The first-order valence-corrected chi connectivity index (χ1v) is 5.49. The zero-order valence-corrected chi connectivity index (χ0v) is 8.54. The van der Waals surface area contributed by atoms with Gasteiger partial charge in [-0.05, 0) is 19.3 Å². The maximum Gasteiger partial charge on any atom is 0.103 e. The Morgan fingerprint density at radius 1 is 1.57 bits per heavy atom. The maximum atomic E-state index is 10.0. The van der Waals surface area contributed by atoms with Crippen LogP contribution in [0.3, 0.4) is 0 Å². The Kier molecular flexibility index (Phi) is 3.21. The zero-order chi connectivity index (χ0) is 9.86. The molecule has 0 amide bonds. The van der Waals surface area contributed by atoms with Gasteiger partial charge in [-0.2, -0.15) is 0 Å². The number of hydrogen-bond donors (Lipinski definition) is 2. The summed E-state index contributed by atoms with van der Waals surface area (Å²) in [6, 6.07) is 0.452. The number of nitrogens with one attached hydrogen (secondary N) is 1. The van der Waals surface area contributed by atoms with Crippen molar-refractivity contribution in [3.8, 4) is 0 Å². The summed E-state index contributed by atoms with van der Waals surface area (Å²) in [6.07, 6.45) is 8.83. The van der Waals surface area contributed by atoms with E-state index in [1.54, 1.807) is 0 Å². The average molecular weight is 197 g/mol. The van der Waals surface area contributed by atoms with Crippen LogP contribution in [0, 0.1) is 0 Å². The van der Waals surface area contributed by atoms with Crippen molar-refractivity contribution in [3.05, 3.63) is 12.2 Å². The van der Waals surface area contributed by atoms with Crippen LogP contribution in [0.1, 0.15) is 25.7 Å². The Balaban J connectivity index is 1.75. The minimum atomic E-state index is -0.620. The van der Waals surface area contributed by atoms with Gasteiger partial charge in [-0.25, -0.2) is 0 Å². The third kappa shape index (κ3) is 2.56. The molecule has 0 radical (unpaired) electrons. The predicted molar refractivity (Wildman–Crippen MR) is 55.2 cm³/mol. The minimum Gasteiger partial charge on any atom is -0.386 e. The molecular weight excluding hydrogens is 178 g/mol. The summed E-state index contributed by atoms with van der Waals surface area (Å²) >= 11 is 0. The van der Waals surface area contributed by atoms with Gasteiger partial charge in [0.05, 0.1) is 6.61 Å². The smallest absolute Gasteiger partial charge is 0.103 e. The summed E-state index contributed by atoms with van der Waals surface area (Å²) in [4.78, 5) is 0. The molecule has 2 N–H and O–H groups in total. The van der Waals surface area contributed by atoms with Gasteiger partial charge in [0, 0.05) is 25.6 Å². The molecule has 0 spiro atoms. The molecule has 3 heteroatoms. The first-order chi connectivity index (χ1) is 6.79. The lowest BCUT2D eigenvalue weighted by atomic mass is 10.00. The molecule has 0 aromatic heterocycles. The molecule has 1 aliphatic carbocycles. The predicted octanol–water partition coefficient (Wildman–Crippen LogP) is 0.836. The topological polar surface area (TPSA) is 41.5 Å². The second-order valence-corrected chi connectivity index (χ2v) is 4.37. The van der Waals surface area contributed by atoms with Crippen molar-refractivity contribution in [2.45, 2.75) is 37.3 Å². The molecule has 0 aromatic rings. The fraction of sp³-hybridized carbons (Fsp3) is 0.818. The maximum absolute atomic E-state index is 10.0. The molecule has 1 saturated heterocycles. The average Bonchev–Trinajstić information content (AvgIpc) is 2.65. The van der Waals surface area contributed by atoms with E-state index in [9.17, 15) is 5.11 Å². The summed E-state index contributed by atoms with van der Waals surface area (Å²) < 4.78 is 5.19. The highest BCUT2D eigenvalue weighted by atomic mass is 16.5. The standard InChI is InChI=1S/C11H19NO2/c13-11(6-7-14-9-11)8-12-10-4-2-1-3-5-10/h2,4,10,12-13H,1,3,5-9H2. The van der Waals surface area contributed by atoms with E-state index in [-0.39, 0.29) is 0 Å². The molecule has 1 fully saturated rings. The largest absolute Gasteiger partial charge is 0.386 e. The molecule has 2 rings (SSSR count). The number of rotatable bonds is 3. The Morgan fingerprint density at radius 2 is 2.50 bits per heavy atom. The van der Waals surface area contributed by atoms with Crippen LogP contribution >= 0.6 is 0 Å². The molecule has 3 nitrogen and oxygen atoms in total. The van der Waals surface area contributed by atoms with Gasteiger partial charge in [0.2, 0.25) is 0 Å². The summed E-state index contributed by atoms with van der Waals surface area (Å²) in [5.74, 6) is 0. The fourth-order valence-corrected chi connectivity index (χ4v) is 2.04. The Morgan fingerprint density at radius 3 is 3.14 bits per heavy atom. The van der Waals surface area contributed by atoms with E-state index in [4.69, 9.17) is 4.74 Å². The second-order valence-electron chi connectivity index (χ2n) is 4.37. The number of aliphatic hydroxyl groups is 1. The second kappa shape index (κ2) is 4.43. The van der Waals surface area contributed by atoms with E-state index in [0.717, 1.165) is 6.42 Å². The highest BCUT2D eigenvalue weighted by Gasteiger charge is 2.32. The summed E-state index contributed by atoms with van der Waals surface area (Å²) in [7, 11) is 0. The number of allylic oxidation sites excluding steroid dienone is 1. The van der Waals surface area contributed by atoms with E-state index < -0.39 is 5.60 Å². The van der Waals surface area contributed by atoms with Crippen LogP contribution < -0.4 is 5.32 Å². The van der Waals surface area contributed by atoms with Crippen LogP contribution in [-0.2, 0) is 4.74 Å². The Hall–Kier alpha value is -0.380. The van der Waals surface area contributed by atoms with Gasteiger partial charge in [0.25, 0.3) is 0 Å². The van der Waals surface area contributed by atoms with Crippen LogP contribution in [0.2, 0.25) is 0 Å². The van der Waals surface area contributed by atoms with Crippen molar-refractivity contribution in [1.82, 2.24) is 5.32 Å². The van der Waals surface area contributed by atoms with Crippen molar-refractivity contribution in [1.29, 1.82) is 0 Å². The third-order valence-electron chi connectivity index (χ3n) is 3.03. The van der Waals surface area contributed by atoms with E-state index in [0.29, 0.717) is 25.8 Å². The Labute approximate surface area is 85.1 Å². The summed E-state index contributed by atoms with van der Waals surface area (Å²) in [5, 5.41) is 13.4. The van der Waals surface area contributed by atoms with Gasteiger partial charge >= 0.3 is 0 Å². The normalized spacial score (nSPS) is 37.6. The lowest BCUT2D eigenvalue weighted by molar-refractivity contribution is 0.0256. The van der Waals surface area contributed by atoms with Crippen LogP contribution in [0.15, 0.2) is 12.2 Å². The van der Waals surface area contributed by atoms with Gasteiger partial charge in [-0.1, -0.05) is 12.2 Å². The van der Waals surface area contributed by atoms with Gasteiger partial charge in [-0.15, -0.1) is 0 Å². The monoisotopic (exact) mass is 197 g/mol. The fourth-order valence-electron chi connectivity index (χ4n) is 2.04. The molecule has 0 aromatic carbocycles. The van der Waals surface area contributed by atoms with Crippen LogP contribution in [0.4, 0.5) is 0 Å². The molecule has 1 aliphatic heterocycles. The molecule has 1 heterocycles. The van der Waals surface area contributed by atoms with Crippen molar-refractivity contribution >= 4 is 0 Å². The molecule has 2 atom stereocenters. The summed E-state index contributed by atoms with van der Waals surface area (Å²) in [5.41, 5.74) is -0.620. The van der Waals surface area contributed by atoms with Crippen LogP contribution in [-0.4, -0.2) is 36.5 Å². The molecule has 0 bridgehead atoms. The lowest BCUT2D eigenvalue weighted by Gasteiger charge is -2.25. The van der Waals surface area contributed by atoms with E-state index >= 15 is 0 Å². The van der Waals surface area contributed by atoms with Crippen LogP contribution in [0.25, 0.3) is 0 Å². The Bertz CT molecular complexity index is 209. The molecule has 80 valence electrons. The first kappa shape index (κ1) is 10.1. The van der Waals surface area contributed by atoms with Crippen molar-refractivity contribution in [3.63, 3.8) is 0 Å². The van der Waals surface area contributed by atoms with Gasteiger partial charge < -0.3 is 15.2 Å².